The number of likely N-dealkylation sites (N-methyl/N-ethyl adjacent to an activating group) is 1. The monoisotopic (exact) mass is 495 g/mol. The third-order valence-electron chi connectivity index (χ3n) is 5.83. The first kappa shape index (κ1) is 28.9. The maximum atomic E-state index is 14.1. The Kier molecular flexibility index (Phi) is 10.1. The van der Waals surface area contributed by atoms with Crippen LogP contribution in [0.1, 0.15) is 69.8 Å². The molecule has 196 valence electrons. The van der Waals surface area contributed by atoms with E-state index in [0.29, 0.717) is 0 Å². The molecule has 0 aliphatic heterocycles. The highest BCUT2D eigenvalue weighted by atomic mass is 16.6. The van der Waals surface area contributed by atoms with Crippen molar-refractivity contribution < 1.29 is 19.1 Å². The standard InChI is InChI=1S/C29H41N3O4/c1-9-32(25(26(33)30-19(2)3)23-17-13-14-20(4)21(23)5)27(34)24(18-22-15-11-10-12-16-22)31-28(35)36-29(6,7)8/h10-17,19,24-25H,9,18H2,1-8H3,(H,30,33)(H,31,35). The molecule has 0 saturated carbocycles. The van der Waals surface area contributed by atoms with E-state index < -0.39 is 23.8 Å². The number of nitrogens with one attached hydrogen (secondary N) is 2. The smallest absolute Gasteiger partial charge is 0.408 e. The maximum absolute atomic E-state index is 14.1. The van der Waals surface area contributed by atoms with Crippen molar-refractivity contribution in [2.75, 3.05) is 6.54 Å². The average molecular weight is 496 g/mol. The van der Waals surface area contributed by atoms with Gasteiger partial charge in [-0.1, -0.05) is 48.5 Å². The van der Waals surface area contributed by atoms with E-state index in [1.807, 2.05) is 83.1 Å². The Hall–Kier alpha value is -3.35. The number of ether oxygens (including phenoxy) is 1. The maximum Gasteiger partial charge on any atom is 0.408 e. The van der Waals surface area contributed by atoms with Crippen LogP contribution in [-0.4, -0.2) is 47.0 Å². The number of benzene rings is 2. The Morgan fingerprint density at radius 1 is 0.944 bits per heavy atom. The molecule has 7 heteroatoms. The fourth-order valence-corrected chi connectivity index (χ4v) is 4.05. The van der Waals surface area contributed by atoms with Crippen molar-refractivity contribution in [3.63, 3.8) is 0 Å². The molecular weight excluding hydrogens is 454 g/mol. The van der Waals surface area contributed by atoms with Gasteiger partial charge in [0, 0.05) is 19.0 Å². The molecule has 2 unspecified atom stereocenters. The molecule has 7 nitrogen and oxygen atoms in total. The Morgan fingerprint density at radius 2 is 1.58 bits per heavy atom. The van der Waals surface area contributed by atoms with E-state index in [1.165, 1.54) is 0 Å². The van der Waals surface area contributed by atoms with Gasteiger partial charge in [-0.2, -0.15) is 0 Å². The number of aryl methyl sites for hydroxylation is 1. The molecular formula is C29H41N3O4. The Morgan fingerprint density at radius 3 is 2.14 bits per heavy atom. The van der Waals surface area contributed by atoms with Gasteiger partial charge < -0.3 is 20.3 Å². The third kappa shape index (κ3) is 8.11. The highest BCUT2D eigenvalue weighted by Gasteiger charge is 2.36. The minimum Gasteiger partial charge on any atom is -0.444 e. The van der Waals surface area contributed by atoms with E-state index in [1.54, 1.807) is 25.7 Å². The lowest BCUT2D eigenvalue weighted by molar-refractivity contribution is -0.142. The van der Waals surface area contributed by atoms with Crippen molar-refractivity contribution in [2.24, 2.45) is 0 Å². The fourth-order valence-electron chi connectivity index (χ4n) is 4.05. The number of amides is 3. The topological polar surface area (TPSA) is 87.7 Å². The number of alkyl carbamates (subject to hydrolysis) is 1. The van der Waals surface area contributed by atoms with Crippen LogP contribution in [0.15, 0.2) is 48.5 Å². The predicted octanol–water partition coefficient (Wildman–Crippen LogP) is 4.85. The van der Waals surface area contributed by atoms with Crippen molar-refractivity contribution in [3.8, 4) is 0 Å². The molecule has 0 radical (unpaired) electrons. The summed E-state index contributed by atoms with van der Waals surface area (Å²) in [6.07, 6.45) is -0.413. The van der Waals surface area contributed by atoms with Crippen molar-refractivity contribution >= 4 is 17.9 Å². The molecule has 36 heavy (non-hydrogen) atoms. The van der Waals surface area contributed by atoms with Crippen LogP contribution >= 0.6 is 0 Å². The molecule has 0 aliphatic rings. The number of carbonyl (C=O) groups excluding carboxylic acids is 3. The molecule has 0 fully saturated rings. The van der Waals surface area contributed by atoms with E-state index in [2.05, 4.69) is 10.6 Å². The lowest BCUT2D eigenvalue weighted by atomic mass is 9.94. The summed E-state index contributed by atoms with van der Waals surface area (Å²) in [6.45, 7) is 15.1. The van der Waals surface area contributed by atoms with E-state index in [9.17, 15) is 14.4 Å². The molecule has 0 aliphatic carbocycles. The molecule has 2 N–H and O–H groups in total. The third-order valence-corrected chi connectivity index (χ3v) is 5.83. The van der Waals surface area contributed by atoms with Gasteiger partial charge in [0.25, 0.3) is 0 Å². The van der Waals surface area contributed by atoms with Crippen LogP contribution in [0.25, 0.3) is 0 Å². The van der Waals surface area contributed by atoms with E-state index in [0.717, 1.165) is 22.3 Å². The highest BCUT2D eigenvalue weighted by molar-refractivity contribution is 5.92. The van der Waals surface area contributed by atoms with Crippen LogP contribution in [-0.2, 0) is 20.7 Å². The number of nitrogens with zero attached hydrogens (tertiary/aromatic N) is 1. The number of hydrogen-bond acceptors (Lipinski definition) is 4. The van der Waals surface area contributed by atoms with Crippen LogP contribution in [0.4, 0.5) is 4.79 Å². The van der Waals surface area contributed by atoms with Crippen LogP contribution < -0.4 is 10.6 Å². The predicted molar refractivity (Wildman–Crippen MR) is 143 cm³/mol. The van der Waals surface area contributed by atoms with Crippen LogP contribution in [0, 0.1) is 13.8 Å². The summed E-state index contributed by atoms with van der Waals surface area (Å²) in [6, 6.07) is 13.4. The molecule has 2 rings (SSSR count). The number of hydrogen-bond donors (Lipinski definition) is 2. The summed E-state index contributed by atoms with van der Waals surface area (Å²) in [5, 5.41) is 5.74. The van der Waals surface area contributed by atoms with Gasteiger partial charge >= 0.3 is 6.09 Å². The van der Waals surface area contributed by atoms with Gasteiger partial charge in [0.2, 0.25) is 11.8 Å². The van der Waals surface area contributed by atoms with Gasteiger partial charge in [0.05, 0.1) is 0 Å². The van der Waals surface area contributed by atoms with E-state index >= 15 is 0 Å². The van der Waals surface area contributed by atoms with Crippen LogP contribution in [0.2, 0.25) is 0 Å². The molecule has 2 aromatic rings. The van der Waals surface area contributed by atoms with Crippen molar-refractivity contribution in [2.45, 2.75) is 85.5 Å². The summed E-state index contributed by atoms with van der Waals surface area (Å²) >= 11 is 0. The molecule has 0 saturated heterocycles. The largest absolute Gasteiger partial charge is 0.444 e. The highest BCUT2D eigenvalue weighted by Crippen LogP contribution is 2.27. The SMILES string of the molecule is CCN(C(=O)C(Cc1ccccc1)NC(=O)OC(C)(C)C)C(C(=O)NC(C)C)c1cccc(C)c1C. The fraction of sp³-hybridized carbons (Fsp3) is 0.483. The first-order chi connectivity index (χ1) is 16.8. The summed E-state index contributed by atoms with van der Waals surface area (Å²) in [7, 11) is 0. The van der Waals surface area contributed by atoms with Gasteiger partial charge in [0.15, 0.2) is 0 Å². The van der Waals surface area contributed by atoms with Gasteiger partial charge in [-0.25, -0.2) is 4.79 Å². The zero-order valence-electron chi connectivity index (χ0n) is 22.8. The second-order valence-electron chi connectivity index (χ2n) is 10.4. The minimum absolute atomic E-state index is 0.0982. The lowest BCUT2D eigenvalue weighted by Gasteiger charge is -2.35. The second kappa shape index (κ2) is 12.6. The van der Waals surface area contributed by atoms with Crippen molar-refractivity contribution in [3.05, 3.63) is 70.8 Å². The summed E-state index contributed by atoms with van der Waals surface area (Å²) in [5.74, 6) is -0.610. The van der Waals surface area contributed by atoms with Gasteiger partial charge in [-0.05, 0) is 77.6 Å². The Balaban J connectivity index is 2.51. The molecule has 0 bridgehead atoms. The van der Waals surface area contributed by atoms with Crippen molar-refractivity contribution in [1.82, 2.24) is 15.5 Å². The van der Waals surface area contributed by atoms with Gasteiger partial charge in [-0.15, -0.1) is 0 Å². The molecule has 0 spiro atoms. The quantitative estimate of drug-likeness (QED) is 0.520. The molecule has 2 aromatic carbocycles. The second-order valence-corrected chi connectivity index (χ2v) is 10.4. The molecule has 3 amide bonds. The minimum atomic E-state index is -0.915. The van der Waals surface area contributed by atoms with E-state index in [4.69, 9.17) is 4.74 Å². The first-order valence-electron chi connectivity index (χ1n) is 12.5. The molecule has 0 aromatic heterocycles. The summed E-state index contributed by atoms with van der Waals surface area (Å²) < 4.78 is 5.45. The van der Waals surface area contributed by atoms with E-state index in [-0.39, 0.29) is 30.8 Å². The van der Waals surface area contributed by atoms with Crippen LogP contribution in [0.3, 0.4) is 0 Å². The number of carbonyl (C=O) groups is 3. The molecule has 0 heterocycles. The number of rotatable bonds is 9. The van der Waals surface area contributed by atoms with Crippen molar-refractivity contribution in [1.29, 1.82) is 0 Å². The first-order valence-corrected chi connectivity index (χ1v) is 12.5. The lowest BCUT2D eigenvalue weighted by Crippen LogP contribution is -2.54. The summed E-state index contributed by atoms with van der Waals surface area (Å²) in [5.41, 5.74) is 2.92. The van der Waals surface area contributed by atoms with Crippen LogP contribution in [0.5, 0.6) is 0 Å². The Bertz CT molecular complexity index is 1040. The van der Waals surface area contributed by atoms with Gasteiger partial charge in [-0.3, -0.25) is 9.59 Å². The zero-order chi connectivity index (χ0) is 27.0. The van der Waals surface area contributed by atoms with Gasteiger partial charge in [0.1, 0.15) is 17.7 Å². The normalized spacial score (nSPS) is 13.0. The average Bonchev–Trinajstić information content (AvgIpc) is 2.77. The Labute approximate surface area is 215 Å². The zero-order valence-corrected chi connectivity index (χ0v) is 22.8. The molecule has 2 atom stereocenters. The summed E-state index contributed by atoms with van der Waals surface area (Å²) in [4.78, 5) is 41.8.